The number of hydrogen-bond acceptors (Lipinski definition) is 4. The van der Waals surface area contributed by atoms with Crippen molar-refractivity contribution in [2.24, 2.45) is 10.2 Å². The van der Waals surface area contributed by atoms with Crippen LogP contribution in [-0.4, -0.2) is 29.2 Å². The van der Waals surface area contributed by atoms with Gasteiger partial charge in [0.1, 0.15) is 0 Å². The van der Waals surface area contributed by atoms with Gasteiger partial charge < -0.3 is 9.80 Å². The number of nitrogens with zero attached hydrogens (tertiary/aromatic N) is 4. The number of hydrogen-bond donors (Lipinski definition) is 0. The second-order valence-electron chi connectivity index (χ2n) is 5.94. The van der Waals surface area contributed by atoms with E-state index in [0.717, 1.165) is 28.8 Å². The molecule has 0 bridgehead atoms. The Labute approximate surface area is 124 Å². The Balaban J connectivity index is 1.98. The molecule has 5 heteroatoms. The molecule has 1 aromatic rings. The van der Waals surface area contributed by atoms with Crippen molar-refractivity contribution in [2.75, 3.05) is 11.6 Å². The zero-order valence-electron chi connectivity index (χ0n) is 11.8. The Kier molecular flexibility index (Phi) is 3.05. The Morgan fingerprint density at radius 2 is 1.85 bits per heavy atom. The molecule has 104 valence electrons. The smallest absolute Gasteiger partial charge is 0.163 e. The number of amidine groups is 1. The summed E-state index contributed by atoms with van der Waals surface area (Å²) in [5.41, 5.74) is 2.13. The molecule has 0 amide bonds. The summed E-state index contributed by atoms with van der Waals surface area (Å²) in [5, 5.41) is 9.03. The molecule has 0 spiro atoms. The molecule has 2 heterocycles. The van der Waals surface area contributed by atoms with Crippen molar-refractivity contribution < 1.29 is 0 Å². The van der Waals surface area contributed by atoms with E-state index in [1.54, 1.807) is 6.21 Å². The van der Waals surface area contributed by atoms with Crippen LogP contribution in [0.1, 0.15) is 20.8 Å². The van der Waals surface area contributed by atoms with Gasteiger partial charge in [0.2, 0.25) is 0 Å². The average molecular weight is 289 g/mol. The van der Waals surface area contributed by atoms with Crippen molar-refractivity contribution in [3.63, 3.8) is 0 Å². The van der Waals surface area contributed by atoms with E-state index in [2.05, 4.69) is 47.0 Å². The van der Waals surface area contributed by atoms with Crippen molar-refractivity contribution in [1.82, 2.24) is 4.90 Å². The van der Waals surface area contributed by atoms with Crippen LogP contribution in [0.4, 0.5) is 5.69 Å². The van der Waals surface area contributed by atoms with Gasteiger partial charge in [0.25, 0.3) is 0 Å². The predicted molar refractivity (Wildman–Crippen MR) is 84.4 cm³/mol. The molecule has 2 aliphatic heterocycles. The van der Waals surface area contributed by atoms with Gasteiger partial charge in [-0.1, -0.05) is 11.6 Å². The molecule has 0 unspecified atom stereocenters. The zero-order valence-corrected chi connectivity index (χ0v) is 12.6. The molecule has 1 aromatic carbocycles. The first-order valence-corrected chi connectivity index (χ1v) is 6.96. The minimum atomic E-state index is -0.0171. The van der Waals surface area contributed by atoms with Crippen LogP contribution in [0, 0.1) is 0 Å². The molecule has 4 nitrogen and oxygen atoms in total. The Morgan fingerprint density at radius 3 is 2.50 bits per heavy atom. The monoisotopic (exact) mass is 288 g/mol. The lowest BCUT2D eigenvalue weighted by molar-refractivity contribution is 0.238. The van der Waals surface area contributed by atoms with Gasteiger partial charge in [0.15, 0.2) is 5.84 Å². The molecule has 3 rings (SSSR count). The van der Waals surface area contributed by atoms with Gasteiger partial charge in [-0.05, 0) is 45.0 Å². The Morgan fingerprint density at radius 1 is 1.15 bits per heavy atom. The number of anilines is 1. The fraction of sp³-hybridized carbons (Fsp3) is 0.333. The summed E-state index contributed by atoms with van der Waals surface area (Å²) in [6.45, 7) is 7.28. The third kappa shape index (κ3) is 2.31. The average Bonchev–Trinajstić information content (AvgIpc) is 2.85. The predicted octanol–water partition coefficient (Wildman–Crippen LogP) is 3.50. The molecule has 20 heavy (non-hydrogen) atoms. The van der Waals surface area contributed by atoms with Gasteiger partial charge >= 0.3 is 0 Å². The minimum Gasteiger partial charge on any atom is -0.332 e. The van der Waals surface area contributed by atoms with E-state index >= 15 is 0 Å². The SMILES string of the molecule is CC(C)(C)N1CN(c2ccc(Cl)cc2)C=C2C=NN=C21. The van der Waals surface area contributed by atoms with Crippen LogP contribution in [-0.2, 0) is 0 Å². The van der Waals surface area contributed by atoms with Crippen LogP contribution in [0.2, 0.25) is 5.02 Å². The van der Waals surface area contributed by atoms with E-state index in [0.29, 0.717) is 0 Å². The summed E-state index contributed by atoms with van der Waals surface area (Å²) in [7, 11) is 0. The molecule has 0 saturated carbocycles. The van der Waals surface area contributed by atoms with Gasteiger partial charge in [0.05, 0.1) is 18.5 Å². The van der Waals surface area contributed by atoms with Gasteiger partial charge in [-0.15, -0.1) is 5.10 Å². The third-order valence-electron chi connectivity index (χ3n) is 3.42. The Bertz CT molecular complexity index is 608. The highest BCUT2D eigenvalue weighted by molar-refractivity contribution is 6.30. The molecule has 0 atom stereocenters. The van der Waals surface area contributed by atoms with E-state index in [9.17, 15) is 0 Å². The summed E-state index contributed by atoms with van der Waals surface area (Å²) in [5.74, 6) is 0.947. The van der Waals surface area contributed by atoms with Crippen molar-refractivity contribution >= 4 is 29.3 Å². The molecule has 0 radical (unpaired) electrons. The number of halogens is 1. The van der Waals surface area contributed by atoms with Crippen molar-refractivity contribution in [3.8, 4) is 0 Å². The fourth-order valence-electron chi connectivity index (χ4n) is 2.31. The first-order valence-electron chi connectivity index (χ1n) is 6.58. The van der Waals surface area contributed by atoms with Crippen molar-refractivity contribution in [3.05, 3.63) is 41.1 Å². The van der Waals surface area contributed by atoms with Crippen LogP contribution in [0.5, 0.6) is 0 Å². The molecule has 0 aliphatic carbocycles. The summed E-state index contributed by atoms with van der Waals surface area (Å²) in [6, 6.07) is 7.86. The van der Waals surface area contributed by atoms with Gasteiger partial charge in [-0.2, -0.15) is 5.10 Å². The fourth-order valence-corrected chi connectivity index (χ4v) is 2.43. The summed E-state index contributed by atoms with van der Waals surface area (Å²) in [4.78, 5) is 4.44. The van der Waals surface area contributed by atoms with E-state index in [1.165, 1.54) is 0 Å². The van der Waals surface area contributed by atoms with Gasteiger partial charge in [0, 0.05) is 22.4 Å². The van der Waals surface area contributed by atoms with Crippen LogP contribution in [0.3, 0.4) is 0 Å². The molecule has 2 aliphatic rings. The first kappa shape index (κ1) is 13.2. The highest BCUT2D eigenvalue weighted by atomic mass is 35.5. The summed E-state index contributed by atoms with van der Waals surface area (Å²) < 4.78 is 0. The van der Waals surface area contributed by atoms with E-state index in [-0.39, 0.29) is 5.54 Å². The zero-order chi connectivity index (χ0) is 14.3. The molecule has 0 saturated heterocycles. The molecule has 0 aromatic heterocycles. The van der Waals surface area contributed by atoms with Crippen LogP contribution >= 0.6 is 11.6 Å². The lowest BCUT2D eigenvalue weighted by Crippen LogP contribution is -2.53. The summed E-state index contributed by atoms with van der Waals surface area (Å²) in [6.07, 6.45) is 3.89. The lowest BCUT2D eigenvalue weighted by atomic mass is 10.0. The number of benzene rings is 1. The number of fused-ring (bicyclic) bond motifs is 1. The summed E-state index contributed by atoms with van der Waals surface area (Å²) >= 11 is 5.96. The minimum absolute atomic E-state index is 0.0171. The van der Waals surface area contributed by atoms with Gasteiger partial charge in [-0.3, -0.25) is 0 Å². The van der Waals surface area contributed by atoms with Crippen molar-refractivity contribution in [2.45, 2.75) is 26.3 Å². The molecule has 0 N–H and O–H groups in total. The lowest BCUT2D eigenvalue weighted by Gasteiger charge is -2.43. The second kappa shape index (κ2) is 4.63. The molecule has 0 fully saturated rings. The first-order chi connectivity index (χ1) is 9.45. The van der Waals surface area contributed by atoms with E-state index < -0.39 is 0 Å². The maximum Gasteiger partial charge on any atom is 0.163 e. The van der Waals surface area contributed by atoms with Crippen LogP contribution in [0.25, 0.3) is 0 Å². The number of rotatable bonds is 1. The normalized spacial score (nSPS) is 18.0. The standard InChI is InChI=1S/C15H17ClN4/c1-15(2,3)20-10-19(9-11-8-17-18-14(11)20)13-6-4-12(16)5-7-13/h4-9H,10H2,1-3H3. The quantitative estimate of drug-likeness (QED) is 0.792. The van der Waals surface area contributed by atoms with E-state index in [4.69, 9.17) is 11.6 Å². The second-order valence-corrected chi connectivity index (χ2v) is 6.38. The van der Waals surface area contributed by atoms with Crippen molar-refractivity contribution in [1.29, 1.82) is 0 Å². The molecular weight excluding hydrogens is 272 g/mol. The van der Waals surface area contributed by atoms with E-state index in [1.807, 2.05) is 24.3 Å². The Hall–Kier alpha value is -1.81. The largest absolute Gasteiger partial charge is 0.332 e. The topological polar surface area (TPSA) is 31.2 Å². The molecular formula is C15H17ClN4. The van der Waals surface area contributed by atoms with Crippen LogP contribution < -0.4 is 4.90 Å². The van der Waals surface area contributed by atoms with Gasteiger partial charge in [-0.25, -0.2) is 0 Å². The maximum absolute atomic E-state index is 5.96. The maximum atomic E-state index is 5.96. The highest BCUT2D eigenvalue weighted by Gasteiger charge is 2.33. The van der Waals surface area contributed by atoms with Crippen LogP contribution in [0.15, 0.2) is 46.2 Å². The highest BCUT2D eigenvalue weighted by Crippen LogP contribution is 2.28. The third-order valence-corrected chi connectivity index (χ3v) is 3.67.